The molecular formula is C7H15NO2Si. The van der Waals surface area contributed by atoms with Gasteiger partial charge in [-0.3, -0.25) is 0 Å². The highest BCUT2D eigenvalue weighted by Crippen LogP contribution is 1.95. The third kappa shape index (κ3) is 5.94. The summed E-state index contributed by atoms with van der Waals surface area (Å²) in [5, 5.41) is 0. The van der Waals surface area contributed by atoms with Gasteiger partial charge in [0.1, 0.15) is 0 Å². The molecule has 0 bridgehead atoms. The number of ether oxygens (including phenoxy) is 2. The van der Waals surface area contributed by atoms with Gasteiger partial charge in [0.25, 0.3) is 5.95 Å². The van der Waals surface area contributed by atoms with E-state index in [1.54, 1.807) is 14.2 Å². The van der Waals surface area contributed by atoms with Crippen molar-refractivity contribution >= 4 is 9.52 Å². The summed E-state index contributed by atoms with van der Waals surface area (Å²) in [6, 6.07) is 1.12. The topological polar surface area (TPSA) is 44.5 Å². The molecule has 11 heavy (non-hydrogen) atoms. The first kappa shape index (κ1) is 10.5. The molecule has 4 heteroatoms. The lowest BCUT2D eigenvalue weighted by molar-refractivity contribution is 0.0964. The zero-order valence-electron chi connectivity index (χ0n) is 7.09. The highest BCUT2D eigenvalue weighted by Gasteiger charge is 1.92. The molecule has 0 aromatic heterocycles. The molecule has 0 heterocycles. The molecule has 0 aromatic carbocycles. The zero-order valence-corrected chi connectivity index (χ0v) is 8.09. The van der Waals surface area contributed by atoms with Crippen molar-refractivity contribution in [3.05, 3.63) is 11.6 Å². The van der Waals surface area contributed by atoms with Crippen LogP contribution in [0.5, 0.6) is 0 Å². The van der Waals surface area contributed by atoms with Crippen molar-refractivity contribution in [2.45, 2.75) is 12.5 Å². The van der Waals surface area contributed by atoms with Crippen LogP contribution in [0.1, 0.15) is 6.42 Å². The lowest BCUT2D eigenvalue weighted by Gasteiger charge is -2.02. The second-order valence-corrected chi connectivity index (χ2v) is 3.16. The van der Waals surface area contributed by atoms with Gasteiger partial charge in [0.2, 0.25) is 0 Å². The van der Waals surface area contributed by atoms with E-state index < -0.39 is 0 Å². The Morgan fingerprint density at radius 2 is 2.09 bits per heavy atom. The quantitative estimate of drug-likeness (QED) is 0.362. The van der Waals surface area contributed by atoms with E-state index in [9.17, 15) is 0 Å². The number of hydrogen-bond donors (Lipinski definition) is 1. The van der Waals surface area contributed by atoms with Gasteiger partial charge in [-0.15, -0.1) is 0 Å². The van der Waals surface area contributed by atoms with Gasteiger partial charge < -0.3 is 15.2 Å². The monoisotopic (exact) mass is 173 g/mol. The van der Waals surface area contributed by atoms with Crippen molar-refractivity contribution in [3.8, 4) is 0 Å². The molecule has 0 atom stereocenters. The highest BCUT2D eigenvalue weighted by atomic mass is 28.2. The summed E-state index contributed by atoms with van der Waals surface area (Å²) >= 11 is 0. The molecule has 0 aliphatic carbocycles. The van der Waals surface area contributed by atoms with Crippen LogP contribution < -0.4 is 5.73 Å². The van der Waals surface area contributed by atoms with Crippen LogP contribution in [0.3, 0.4) is 0 Å². The van der Waals surface area contributed by atoms with Gasteiger partial charge in [0, 0.05) is 0 Å². The van der Waals surface area contributed by atoms with Crippen LogP contribution >= 0.6 is 0 Å². The lowest BCUT2D eigenvalue weighted by Crippen LogP contribution is -2.00. The van der Waals surface area contributed by atoms with E-state index in [4.69, 9.17) is 15.2 Å². The number of hydrogen-bond acceptors (Lipinski definition) is 3. The van der Waals surface area contributed by atoms with Crippen molar-refractivity contribution in [1.29, 1.82) is 0 Å². The van der Waals surface area contributed by atoms with E-state index >= 15 is 0 Å². The summed E-state index contributed by atoms with van der Waals surface area (Å²) in [4.78, 5) is 0. The van der Waals surface area contributed by atoms with E-state index in [-0.39, 0.29) is 0 Å². The summed E-state index contributed by atoms with van der Waals surface area (Å²) < 4.78 is 9.79. The largest absolute Gasteiger partial charge is 0.469 e. The van der Waals surface area contributed by atoms with Gasteiger partial charge in [-0.1, -0.05) is 6.04 Å². The van der Waals surface area contributed by atoms with Crippen molar-refractivity contribution in [2.75, 3.05) is 20.8 Å². The fraction of sp³-hybridized carbons (Fsp3) is 0.714. The Balaban J connectivity index is 3.37. The van der Waals surface area contributed by atoms with Gasteiger partial charge in [-0.05, 0) is 18.7 Å². The number of methoxy groups -OCH3 is 2. The van der Waals surface area contributed by atoms with Crippen molar-refractivity contribution in [1.82, 2.24) is 0 Å². The summed E-state index contributed by atoms with van der Waals surface area (Å²) in [5.74, 6) is 0.598. The molecule has 0 amide bonds. The predicted octanol–water partition coefficient (Wildman–Crippen LogP) is 0.549. The second kappa shape index (κ2) is 7.62. The third-order valence-corrected chi connectivity index (χ3v) is 2.23. The maximum Gasteiger partial charge on any atom is 0.269 e. The Morgan fingerprint density at radius 3 is 2.55 bits per heavy atom. The molecule has 3 nitrogen and oxygen atoms in total. The molecule has 0 aromatic rings. The van der Waals surface area contributed by atoms with E-state index in [2.05, 4.69) is 0 Å². The molecular weight excluding hydrogens is 158 g/mol. The minimum Gasteiger partial charge on any atom is -0.469 e. The van der Waals surface area contributed by atoms with Gasteiger partial charge in [0.15, 0.2) is 0 Å². The first-order valence-corrected chi connectivity index (χ1v) is 4.85. The summed E-state index contributed by atoms with van der Waals surface area (Å²) in [5.41, 5.74) is 7.29. The number of rotatable bonds is 6. The minimum atomic E-state index is 0.598. The van der Waals surface area contributed by atoms with E-state index in [1.165, 1.54) is 0 Å². The molecule has 0 rings (SSSR count). The fourth-order valence-corrected chi connectivity index (χ4v) is 1.52. The summed E-state index contributed by atoms with van der Waals surface area (Å²) in [6.45, 7) is 0.760. The lowest BCUT2D eigenvalue weighted by atomic mass is 10.5. The van der Waals surface area contributed by atoms with Crippen molar-refractivity contribution in [2.24, 2.45) is 5.73 Å². The highest BCUT2D eigenvalue weighted by molar-refractivity contribution is 6.42. The van der Waals surface area contributed by atoms with E-state index in [0.29, 0.717) is 5.95 Å². The van der Waals surface area contributed by atoms with Crippen LogP contribution in [0.15, 0.2) is 11.6 Å². The maximum atomic E-state index is 5.33. The Kier molecular flexibility index (Phi) is 7.29. The summed E-state index contributed by atoms with van der Waals surface area (Å²) in [7, 11) is 3.94. The zero-order chi connectivity index (χ0) is 8.53. The number of nitrogens with two attached hydrogens (primary N) is 1. The van der Waals surface area contributed by atoms with Crippen LogP contribution in [0.2, 0.25) is 6.04 Å². The van der Waals surface area contributed by atoms with Gasteiger partial charge in [-0.2, -0.15) is 0 Å². The van der Waals surface area contributed by atoms with E-state index in [1.807, 2.05) is 5.70 Å². The van der Waals surface area contributed by atoms with Crippen LogP contribution in [0, 0.1) is 0 Å². The second-order valence-electron chi connectivity index (χ2n) is 1.97. The predicted molar refractivity (Wildman–Crippen MR) is 46.3 cm³/mol. The molecule has 0 spiro atoms. The molecule has 0 fully saturated rings. The third-order valence-electron chi connectivity index (χ3n) is 1.15. The standard InChI is InChI=1S/C7H15NO2Si/c1-9-7(10-2)6-11-5-3-4-8/h6H,3-5,8H2,1-2H3. The Hall–Kier alpha value is -0.483. The SMILES string of the molecule is COC(=C[Si]CCCN)OC. The molecule has 2 radical (unpaired) electrons. The van der Waals surface area contributed by atoms with Crippen LogP contribution in [-0.2, 0) is 9.47 Å². The first-order chi connectivity index (χ1) is 5.35. The van der Waals surface area contributed by atoms with Gasteiger partial charge >= 0.3 is 0 Å². The van der Waals surface area contributed by atoms with Crippen LogP contribution in [0.4, 0.5) is 0 Å². The molecule has 64 valence electrons. The first-order valence-electron chi connectivity index (χ1n) is 3.56. The molecule has 2 N–H and O–H groups in total. The van der Waals surface area contributed by atoms with Crippen LogP contribution in [0.25, 0.3) is 0 Å². The molecule has 0 saturated heterocycles. The minimum absolute atomic E-state index is 0.598. The van der Waals surface area contributed by atoms with Crippen molar-refractivity contribution in [3.63, 3.8) is 0 Å². The Labute approximate surface area is 70.4 Å². The fourth-order valence-electron chi connectivity index (χ4n) is 0.561. The van der Waals surface area contributed by atoms with E-state index in [0.717, 1.165) is 28.5 Å². The Bertz CT molecular complexity index is 111. The van der Waals surface area contributed by atoms with Crippen molar-refractivity contribution < 1.29 is 9.47 Å². The summed E-state index contributed by atoms with van der Waals surface area (Å²) in [6.07, 6.45) is 1.07. The molecule has 0 aliphatic rings. The van der Waals surface area contributed by atoms with Crippen LogP contribution in [-0.4, -0.2) is 30.3 Å². The Morgan fingerprint density at radius 1 is 1.45 bits per heavy atom. The average Bonchev–Trinajstić information content (AvgIpc) is 2.05. The van der Waals surface area contributed by atoms with Gasteiger partial charge in [-0.25, -0.2) is 0 Å². The maximum absolute atomic E-state index is 5.33. The molecule has 0 aliphatic heterocycles. The normalized spacial score (nSPS) is 9.00. The smallest absolute Gasteiger partial charge is 0.269 e. The molecule has 0 unspecified atom stereocenters. The molecule has 0 saturated carbocycles. The van der Waals surface area contributed by atoms with Gasteiger partial charge in [0.05, 0.1) is 23.7 Å². The average molecular weight is 173 g/mol.